The SMILES string of the molecule is CCOC(=O)COc1ccc2c(c1)CC(NCC(OC(=O)C(=O)OC(CNC1CCc3ccc(OCC(=O)OCC)cc3C1)c1cccc(Cl)c1)c1cccc(Cl)c1)CC2. The van der Waals surface area contributed by atoms with Gasteiger partial charge in [-0.05, 0) is 134 Å². The molecular formula is C46H50Cl2N2O10. The zero-order chi connectivity index (χ0) is 42.4. The lowest BCUT2D eigenvalue weighted by Gasteiger charge is -2.29. The van der Waals surface area contributed by atoms with E-state index < -0.39 is 36.1 Å². The first-order valence-corrected chi connectivity index (χ1v) is 21.0. The number of aryl methyl sites for hydroxylation is 2. The molecule has 0 aliphatic heterocycles. The molecule has 0 radical (unpaired) electrons. The minimum atomic E-state index is -1.15. The van der Waals surface area contributed by atoms with Gasteiger partial charge in [-0.25, -0.2) is 19.2 Å². The van der Waals surface area contributed by atoms with Crippen LogP contribution in [0.5, 0.6) is 11.5 Å². The van der Waals surface area contributed by atoms with Crippen molar-refractivity contribution in [1.29, 1.82) is 0 Å². The second kappa shape index (κ2) is 21.9. The summed E-state index contributed by atoms with van der Waals surface area (Å²) < 4.78 is 33.0. The lowest BCUT2D eigenvalue weighted by Crippen LogP contribution is -2.39. The molecule has 4 unspecified atom stereocenters. The Morgan fingerprint density at radius 1 is 0.600 bits per heavy atom. The standard InChI is InChI=1S/C46H50Cl2N2O10/c1-3-55-43(51)27-57-39-17-13-29-11-15-37(21-33(29)23-39)49-25-41(31-7-5-9-35(47)19-31)59-45(53)46(54)60-42(32-8-6-10-36(48)20-32)26-50-38-16-12-30-14-18-40(24-34(30)22-38)58-28-44(52)56-4-2/h5-10,13-14,17-20,23-24,37-38,41-42,49-50H,3-4,11-12,15-16,21-22,25-28H2,1-2H3. The monoisotopic (exact) mass is 860 g/mol. The van der Waals surface area contributed by atoms with Crippen LogP contribution in [-0.4, -0.2) is 75.5 Å². The van der Waals surface area contributed by atoms with Gasteiger partial charge in [-0.3, -0.25) is 0 Å². The number of esters is 4. The average molecular weight is 862 g/mol. The van der Waals surface area contributed by atoms with Crippen molar-refractivity contribution in [3.63, 3.8) is 0 Å². The van der Waals surface area contributed by atoms with Gasteiger partial charge in [-0.2, -0.15) is 0 Å². The first-order valence-electron chi connectivity index (χ1n) is 20.3. The average Bonchev–Trinajstić information content (AvgIpc) is 3.24. The summed E-state index contributed by atoms with van der Waals surface area (Å²) >= 11 is 12.7. The van der Waals surface area contributed by atoms with E-state index in [0.29, 0.717) is 45.5 Å². The van der Waals surface area contributed by atoms with Crippen LogP contribution in [0, 0.1) is 0 Å². The van der Waals surface area contributed by atoms with Gasteiger partial charge >= 0.3 is 23.9 Å². The van der Waals surface area contributed by atoms with Crippen molar-refractivity contribution in [2.75, 3.05) is 39.5 Å². The van der Waals surface area contributed by atoms with Crippen LogP contribution in [0.15, 0.2) is 84.9 Å². The molecule has 0 saturated carbocycles. The molecule has 4 aromatic carbocycles. The minimum Gasteiger partial charge on any atom is -0.482 e. The summed E-state index contributed by atoms with van der Waals surface area (Å²) in [6.07, 6.45) is 2.93. The first-order chi connectivity index (χ1) is 29.1. The second-order valence-electron chi connectivity index (χ2n) is 14.6. The number of halogens is 2. The van der Waals surface area contributed by atoms with Crippen molar-refractivity contribution < 1.29 is 47.6 Å². The molecule has 2 aliphatic carbocycles. The lowest BCUT2D eigenvalue weighted by molar-refractivity contribution is -0.174. The van der Waals surface area contributed by atoms with Gasteiger partial charge in [0.25, 0.3) is 0 Å². The Bertz CT molecular complexity index is 1980. The number of carbonyl (C=O) groups excluding carboxylic acids is 4. The number of fused-ring (bicyclic) bond motifs is 2. The number of hydrogen-bond donors (Lipinski definition) is 2. The zero-order valence-electron chi connectivity index (χ0n) is 33.7. The summed E-state index contributed by atoms with van der Waals surface area (Å²) in [6, 6.07) is 25.6. The maximum atomic E-state index is 13.6. The summed E-state index contributed by atoms with van der Waals surface area (Å²) in [7, 11) is 0. The van der Waals surface area contributed by atoms with E-state index in [0.717, 1.165) is 36.8 Å². The fraction of sp³-hybridized carbons (Fsp3) is 0.391. The third-order valence-electron chi connectivity index (χ3n) is 10.4. The van der Waals surface area contributed by atoms with Crippen LogP contribution in [0.4, 0.5) is 0 Å². The number of ether oxygens (including phenoxy) is 6. The highest BCUT2D eigenvalue weighted by Gasteiger charge is 2.30. The van der Waals surface area contributed by atoms with Gasteiger partial charge in [0, 0.05) is 35.2 Å². The summed E-state index contributed by atoms with van der Waals surface area (Å²) in [6.45, 7) is 4.12. The van der Waals surface area contributed by atoms with Crippen LogP contribution in [0.2, 0.25) is 10.0 Å². The van der Waals surface area contributed by atoms with Crippen LogP contribution in [-0.2, 0) is 63.8 Å². The summed E-state index contributed by atoms with van der Waals surface area (Å²) in [4.78, 5) is 50.8. The van der Waals surface area contributed by atoms with E-state index in [4.69, 9.17) is 51.6 Å². The van der Waals surface area contributed by atoms with E-state index >= 15 is 0 Å². The highest BCUT2D eigenvalue weighted by molar-refractivity contribution is 6.31. The van der Waals surface area contributed by atoms with E-state index in [1.165, 1.54) is 11.1 Å². The molecule has 0 aromatic heterocycles. The highest BCUT2D eigenvalue weighted by atomic mass is 35.5. The summed E-state index contributed by atoms with van der Waals surface area (Å²) in [5, 5.41) is 7.96. The largest absolute Gasteiger partial charge is 0.482 e. The van der Waals surface area contributed by atoms with Crippen molar-refractivity contribution in [1.82, 2.24) is 10.6 Å². The van der Waals surface area contributed by atoms with Gasteiger partial charge in [0.1, 0.15) is 23.7 Å². The Morgan fingerprint density at radius 3 is 1.43 bits per heavy atom. The van der Waals surface area contributed by atoms with E-state index in [1.54, 1.807) is 62.4 Å². The van der Waals surface area contributed by atoms with Crippen molar-refractivity contribution in [3.05, 3.63) is 128 Å². The van der Waals surface area contributed by atoms with Crippen LogP contribution >= 0.6 is 23.2 Å². The molecule has 0 spiro atoms. The first kappa shape index (κ1) is 44.4. The van der Waals surface area contributed by atoms with Crippen LogP contribution in [0.25, 0.3) is 0 Å². The summed E-state index contributed by atoms with van der Waals surface area (Å²) in [5.74, 6) is -1.99. The molecule has 0 bridgehead atoms. The molecule has 0 fully saturated rings. The van der Waals surface area contributed by atoms with Crippen molar-refractivity contribution in [3.8, 4) is 11.5 Å². The number of hydrogen-bond acceptors (Lipinski definition) is 12. The Kier molecular flexibility index (Phi) is 16.2. The van der Waals surface area contributed by atoms with E-state index in [9.17, 15) is 19.2 Å². The Balaban J connectivity index is 1.08. The summed E-state index contributed by atoms with van der Waals surface area (Å²) in [5.41, 5.74) is 5.79. The van der Waals surface area contributed by atoms with Crippen molar-refractivity contribution >= 4 is 47.1 Å². The Morgan fingerprint density at radius 2 is 1.03 bits per heavy atom. The van der Waals surface area contributed by atoms with Crippen LogP contribution in [0.3, 0.4) is 0 Å². The predicted molar refractivity (Wildman–Crippen MR) is 225 cm³/mol. The van der Waals surface area contributed by atoms with Crippen molar-refractivity contribution in [2.24, 2.45) is 0 Å². The maximum absolute atomic E-state index is 13.6. The molecule has 0 amide bonds. The van der Waals surface area contributed by atoms with Gasteiger partial charge in [0.15, 0.2) is 13.2 Å². The number of benzene rings is 4. The van der Waals surface area contributed by atoms with E-state index in [2.05, 4.69) is 10.6 Å². The van der Waals surface area contributed by atoms with Crippen LogP contribution < -0.4 is 20.1 Å². The zero-order valence-corrected chi connectivity index (χ0v) is 35.2. The van der Waals surface area contributed by atoms with E-state index in [1.807, 2.05) is 36.4 Å². The quantitative estimate of drug-likeness (QED) is 0.0601. The smallest absolute Gasteiger partial charge is 0.418 e. The second-order valence-corrected chi connectivity index (χ2v) is 15.5. The number of nitrogens with one attached hydrogen (secondary N) is 2. The fourth-order valence-electron chi connectivity index (χ4n) is 7.46. The molecule has 60 heavy (non-hydrogen) atoms. The molecule has 12 nitrogen and oxygen atoms in total. The third-order valence-corrected chi connectivity index (χ3v) is 10.9. The molecule has 0 saturated heterocycles. The molecule has 318 valence electrons. The molecule has 0 heterocycles. The maximum Gasteiger partial charge on any atom is 0.418 e. The molecule has 4 aromatic rings. The van der Waals surface area contributed by atoms with Gasteiger partial charge in [-0.1, -0.05) is 59.6 Å². The Hall–Kier alpha value is -5.14. The predicted octanol–water partition coefficient (Wildman–Crippen LogP) is 7.04. The molecule has 14 heteroatoms. The van der Waals surface area contributed by atoms with Gasteiger partial charge in [-0.15, -0.1) is 0 Å². The highest BCUT2D eigenvalue weighted by Crippen LogP contribution is 2.29. The molecule has 6 rings (SSSR count). The lowest BCUT2D eigenvalue weighted by atomic mass is 9.88. The normalized spacial score (nSPS) is 16.6. The van der Waals surface area contributed by atoms with E-state index in [-0.39, 0.29) is 51.6 Å². The number of carbonyl (C=O) groups is 4. The molecule has 4 atom stereocenters. The molecule has 2 aliphatic rings. The van der Waals surface area contributed by atoms with Gasteiger partial charge in [0.2, 0.25) is 0 Å². The number of rotatable bonds is 18. The molecular weight excluding hydrogens is 811 g/mol. The Labute approximate surface area is 360 Å². The minimum absolute atomic E-state index is 0.0268. The van der Waals surface area contributed by atoms with Crippen LogP contribution in [0.1, 0.15) is 72.3 Å². The van der Waals surface area contributed by atoms with Gasteiger partial charge < -0.3 is 39.1 Å². The van der Waals surface area contributed by atoms with Gasteiger partial charge in [0.05, 0.1) is 13.2 Å². The van der Waals surface area contributed by atoms with Crippen molar-refractivity contribution in [2.45, 2.75) is 76.7 Å². The topological polar surface area (TPSA) is 148 Å². The molecule has 2 N–H and O–H groups in total. The third kappa shape index (κ3) is 12.9. The fourth-order valence-corrected chi connectivity index (χ4v) is 7.85.